The Kier molecular flexibility index (Phi) is 5.63. The van der Waals surface area contributed by atoms with E-state index < -0.39 is 0 Å². The largest absolute Gasteiger partial charge is 0.347 e. The lowest BCUT2D eigenvalue weighted by Gasteiger charge is -2.08. The summed E-state index contributed by atoms with van der Waals surface area (Å²) in [6.45, 7) is 0.295. The van der Waals surface area contributed by atoms with E-state index in [1.807, 2.05) is 48.7 Å². The summed E-state index contributed by atoms with van der Waals surface area (Å²) in [5.41, 5.74) is 4.55. The molecule has 0 saturated heterocycles. The van der Waals surface area contributed by atoms with Crippen molar-refractivity contribution in [1.82, 2.24) is 14.9 Å². The fraction of sp³-hybridized carbons (Fsp3) is 0.0370. The van der Waals surface area contributed by atoms with Crippen LogP contribution in [0.15, 0.2) is 91.1 Å². The van der Waals surface area contributed by atoms with Gasteiger partial charge in [-0.3, -0.25) is 9.78 Å². The number of nitrogens with zero attached hydrogens (tertiary/aromatic N) is 2. The van der Waals surface area contributed by atoms with E-state index in [-0.39, 0.29) is 11.7 Å². The van der Waals surface area contributed by atoms with Gasteiger partial charge in [0.2, 0.25) is 5.91 Å². The maximum absolute atomic E-state index is 13.0. The highest BCUT2D eigenvalue weighted by atomic mass is 35.5. The quantitative estimate of drug-likeness (QED) is 0.316. The zero-order valence-electron chi connectivity index (χ0n) is 17.5. The van der Waals surface area contributed by atoms with E-state index in [0.29, 0.717) is 11.6 Å². The molecule has 0 saturated carbocycles. The summed E-state index contributed by atoms with van der Waals surface area (Å²) in [5, 5.41) is 5.70. The Morgan fingerprint density at radius 2 is 1.73 bits per heavy atom. The monoisotopic (exact) mass is 455 g/mol. The number of aromatic nitrogens is 2. The maximum Gasteiger partial charge on any atom is 0.244 e. The summed E-state index contributed by atoms with van der Waals surface area (Å²) in [5.74, 6) is -0.555. The minimum atomic E-state index is -0.310. The van der Waals surface area contributed by atoms with Crippen molar-refractivity contribution >= 4 is 45.4 Å². The minimum Gasteiger partial charge on any atom is -0.347 e. The highest BCUT2D eigenvalue weighted by Crippen LogP contribution is 2.32. The number of benzene rings is 3. The number of para-hydroxylation sites is 1. The molecule has 4 nitrogen and oxygen atoms in total. The third-order valence-corrected chi connectivity index (χ3v) is 5.69. The summed E-state index contributed by atoms with van der Waals surface area (Å²) in [6, 6.07) is 23.8. The summed E-state index contributed by atoms with van der Waals surface area (Å²) >= 11 is 6.08. The van der Waals surface area contributed by atoms with Gasteiger partial charge in [-0.2, -0.15) is 0 Å². The van der Waals surface area contributed by atoms with Gasteiger partial charge < -0.3 is 9.88 Å². The number of carbonyl (C=O) groups excluding carboxylic acids is 1. The molecule has 0 radical (unpaired) electrons. The number of hydrogen-bond donors (Lipinski definition) is 1. The number of fused-ring (bicyclic) bond motifs is 3. The van der Waals surface area contributed by atoms with E-state index in [1.165, 1.54) is 18.2 Å². The molecule has 0 atom stereocenters. The predicted molar refractivity (Wildman–Crippen MR) is 131 cm³/mol. The smallest absolute Gasteiger partial charge is 0.244 e. The third-order valence-electron chi connectivity index (χ3n) is 5.44. The molecule has 5 aromatic rings. The molecule has 0 aliphatic rings. The van der Waals surface area contributed by atoms with Crippen molar-refractivity contribution in [3.8, 4) is 5.69 Å². The van der Waals surface area contributed by atoms with Gasteiger partial charge in [0.05, 0.1) is 29.5 Å². The molecule has 1 N–H and O–H groups in total. The summed E-state index contributed by atoms with van der Waals surface area (Å²) in [6.07, 6.45) is 4.91. The van der Waals surface area contributed by atoms with Crippen LogP contribution in [0.2, 0.25) is 5.02 Å². The van der Waals surface area contributed by atoms with Crippen molar-refractivity contribution in [3.05, 3.63) is 113 Å². The van der Waals surface area contributed by atoms with Crippen molar-refractivity contribution in [2.75, 3.05) is 0 Å². The number of carbonyl (C=O) groups is 1. The Hall–Kier alpha value is -3.96. The first-order valence-electron chi connectivity index (χ1n) is 10.4. The number of nitrogens with one attached hydrogen (secondary N) is 1. The zero-order valence-corrected chi connectivity index (χ0v) is 18.3. The van der Waals surface area contributed by atoms with Crippen molar-refractivity contribution in [2.45, 2.75) is 6.54 Å². The topological polar surface area (TPSA) is 46.9 Å². The van der Waals surface area contributed by atoms with Gasteiger partial charge in [-0.25, -0.2) is 4.39 Å². The molecule has 2 aromatic heterocycles. The Morgan fingerprint density at radius 3 is 2.52 bits per heavy atom. The van der Waals surface area contributed by atoms with Crippen LogP contribution >= 0.6 is 11.6 Å². The first-order chi connectivity index (χ1) is 16.1. The minimum absolute atomic E-state index is 0.246. The Morgan fingerprint density at radius 1 is 0.970 bits per heavy atom. The molecule has 6 heteroatoms. The van der Waals surface area contributed by atoms with Gasteiger partial charge >= 0.3 is 0 Å². The van der Waals surface area contributed by atoms with Crippen LogP contribution in [0, 0.1) is 5.82 Å². The van der Waals surface area contributed by atoms with Crippen LogP contribution in [-0.2, 0) is 11.3 Å². The van der Waals surface area contributed by atoms with Gasteiger partial charge in [0.25, 0.3) is 0 Å². The molecule has 1 amide bonds. The van der Waals surface area contributed by atoms with E-state index in [0.717, 1.165) is 38.8 Å². The van der Waals surface area contributed by atoms with Crippen LogP contribution in [-0.4, -0.2) is 15.5 Å². The molecule has 3 aromatic carbocycles. The Balaban J connectivity index is 1.41. The van der Waals surface area contributed by atoms with Crippen LogP contribution in [0.4, 0.5) is 4.39 Å². The van der Waals surface area contributed by atoms with Crippen LogP contribution in [0.5, 0.6) is 0 Å². The number of amides is 1. The van der Waals surface area contributed by atoms with Gasteiger partial charge in [-0.05, 0) is 60.2 Å². The molecule has 5 rings (SSSR count). The summed E-state index contributed by atoms with van der Waals surface area (Å²) in [4.78, 5) is 16.8. The van der Waals surface area contributed by atoms with Gasteiger partial charge in [-0.1, -0.05) is 41.9 Å². The second-order valence-electron chi connectivity index (χ2n) is 7.62. The fourth-order valence-electron chi connectivity index (χ4n) is 3.86. The predicted octanol–water partition coefficient (Wildman–Crippen LogP) is 6.30. The fourth-order valence-corrected chi connectivity index (χ4v) is 3.98. The van der Waals surface area contributed by atoms with Crippen molar-refractivity contribution in [1.29, 1.82) is 0 Å². The number of halogens is 2. The maximum atomic E-state index is 13.0. The normalized spacial score (nSPS) is 11.5. The molecule has 0 spiro atoms. The summed E-state index contributed by atoms with van der Waals surface area (Å²) < 4.78 is 15.2. The van der Waals surface area contributed by atoms with Crippen molar-refractivity contribution < 1.29 is 9.18 Å². The van der Waals surface area contributed by atoms with Gasteiger partial charge in [0.1, 0.15) is 5.82 Å². The molecule has 162 valence electrons. The number of rotatable bonds is 5. The lowest BCUT2D eigenvalue weighted by molar-refractivity contribution is -0.116. The molecule has 33 heavy (non-hydrogen) atoms. The Bertz CT molecular complexity index is 1490. The van der Waals surface area contributed by atoms with E-state index in [1.54, 1.807) is 18.2 Å². The van der Waals surface area contributed by atoms with Crippen molar-refractivity contribution in [3.63, 3.8) is 0 Å². The molecule has 0 fully saturated rings. The molecule has 0 aliphatic heterocycles. The average molecular weight is 456 g/mol. The molecule has 0 unspecified atom stereocenters. The van der Waals surface area contributed by atoms with Gasteiger partial charge in [0, 0.05) is 27.6 Å². The Labute approximate surface area is 194 Å². The lowest BCUT2D eigenvalue weighted by Crippen LogP contribution is -2.20. The van der Waals surface area contributed by atoms with Crippen LogP contribution in [0.1, 0.15) is 11.3 Å². The SMILES string of the molecule is O=C(/C=C/c1ccc(F)cc1)NCc1cc2c3ccccc3n(-c3ccc(Cl)cc3)c2cn1. The first kappa shape index (κ1) is 20.9. The zero-order chi connectivity index (χ0) is 22.8. The van der Waals surface area contributed by atoms with E-state index in [9.17, 15) is 9.18 Å². The number of pyridine rings is 1. The van der Waals surface area contributed by atoms with Crippen LogP contribution < -0.4 is 5.32 Å². The molecule has 0 bridgehead atoms. The number of hydrogen-bond acceptors (Lipinski definition) is 2. The second-order valence-corrected chi connectivity index (χ2v) is 8.06. The third kappa shape index (κ3) is 4.36. The van der Waals surface area contributed by atoms with Crippen LogP contribution in [0.3, 0.4) is 0 Å². The first-order valence-corrected chi connectivity index (χ1v) is 10.8. The van der Waals surface area contributed by atoms with E-state index in [4.69, 9.17) is 11.6 Å². The molecule has 2 heterocycles. The molecular formula is C27H19ClFN3O. The van der Waals surface area contributed by atoms with Crippen molar-refractivity contribution in [2.24, 2.45) is 0 Å². The molecular weight excluding hydrogens is 437 g/mol. The highest BCUT2D eigenvalue weighted by Gasteiger charge is 2.13. The second kappa shape index (κ2) is 8.88. The van der Waals surface area contributed by atoms with Crippen LogP contribution in [0.25, 0.3) is 33.6 Å². The molecule has 0 aliphatic carbocycles. The van der Waals surface area contributed by atoms with Gasteiger partial charge in [0.15, 0.2) is 0 Å². The van der Waals surface area contributed by atoms with Gasteiger partial charge in [-0.15, -0.1) is 0 Å². The van der Waals surface area contributed by atoms with E-state index >= 15 is 0 Å². The van der Waals surface area contributed by atoms with E-state index in [2.05, 4.69) is 27.0 Å². The highest BCUT2D eigenvalue weighted by molar-refractivity contribution is 6.30. The lowest BCUT2D eigenvalue weighted by atomic mass is 10.1. The standard InChI is InChI=1S/C27H19ClFN3O/c28-19-8-12-22(13-9-19)32-25-4-2-1-3-23(25)24-15-21(30-17-26(24)32)16-31-27(33)14-7-18-5-10-20(29)11-6-18/h1-15,17H,16H2,(H,31,33)/b14-7+. The summed E-state index contributed by atoms with van der Waals surface area (Å²) in [7, 11) is 0. The average Bonchev–Trinajstić information content (AvgIpc) is 3.17.